The first-order valence-corrected chi connectivity index (χ1v) is 8.22. The van der Waals surface area contributed by atoms with Crippen molar-refractivity contribution >= 4 is 0 Å². The van der Waals surface area contributed by atoms with Crippen LogP contribution in [0.25, 0.3) is 0 Å². The normalized spacial score (nSPS) is 22.0. The summed E-state index contributed by atoms with van der Waals surface area (Å²) in [6.07, 6.45) is 4.99. The van der Waals surface area contributed by atoms with E-state index in [1.807, 2.05) is 0 Å². The Morgan fingerprint density at radius 3 is 2.76 bits per heavy atom. The molecule has 1 aromatic rings. The van der Waals surface area contributed by atoms with Crippen LogP contribution in [0.3, 0.4) is 0 Å². The van der Waals surface area contributed by atoms with Gasteiger partial charge in [0.25, 0.3) is 0 Å². The predicted octanol–water partition coefficient (Wildman–Crippen LogP) is 3.13. The van der Waals surface area contributed by atoms with Crippen LogP contribution in [0.1, 0.15) is 36.8 Å². The molecular weight excluding hydrogens is 260 g/mol. The molecule has 2 rings (SSSR count). The van der Waals surface area contributed by atoms with E-state index >= 15 is 0 Å². The molecule has 0 heterocycles. The highest BCUT2D eigenvalue weighted by atomic mass is 16.5. The quantitative estimate of drug-likeness (QED) is 0.784. The van der Waals surface area contributed by atoms with Crippen molar-refractivity contribution in [2.75, 3.05) is 26.7 Å². The molecule has 1 saturated carbocycles. The maximum absolute atomic E-state index is 5.87. The smallest absolute Gasteiger partial charge is 0.119 e. The van der Waals surface area contributed by atoms with E-state index < -0.39 is 0 Å². The lowest BCUT2D eigenvalue weighted by atomic mass is 10.0. The largest absolute Gasteiger partial charge is 0.494 e. The molecule has 0 spiro atoms. The van der Waals surface area contributed by atoms with Crippen LogP contribution in [0, 0.1) is 19.8 Å². The van der Waals surface area contributed by atoms with Crippen LogP contribution in [0.4, 0.5) is 0 Å². The molecule has 0 amide bonds. The Hall–Kier alpha value is -1.06. The first-order chi connectivity index (χ1) is 10.1. The lowest BCUT2D eigenvalue weighted by molar-refractivity contribution is 0.183. The van der Waals surface area contributed by atoms with Gasteiger partial charge in [0.1, 0.15) is 5.75 Å². The Kier molecular flexibility index (Phi) is 6.07. The molecule has 1 fully saturated rings. The second-order valence-corrected chi connectivity index (χ2v) is 6.42. The Morgan fingerprint density at radius 1 is 1.24 bits per heavy atom. The van der Waals surface area contributed by atoms with E-state index in [9.17, 15) is 0 Å². The number of rotatable bonds is 7. The zero-order valence-electron chi connectivity index (χ0n) is 13.8. The second-order valence-electron chi connectivity index (χ2n) is 6.42. The van der Waals surface area contributed by atoms with Crippen molar-refractivity contribution in [2.45, 2.75) is 45.6 Å². The maximum Gasteiger partial charge on any atom is 0.119 e. The standard InChI is InChI=1S/C18H30N2O/c1-14-8-9-17(12-15(14)2)21-11-5-10-20(3)18-7-4-6-16(18)13-19/h8-9,12,16,18H,4-7,10-11,13,19H2,1-3H3. The van der Waals surface area contributed by atoms with Gasteiger partial charge < -0.3 is 15.4 Å². The number of aryl methyl sites for hydroxylation is 2. The summed E-state index contributed by atoms with van der Waals surface area (Å²) in [7, 11) is 2.23. The van der Waals surface area contributed by atoms with Gasteiger partial charge in [0, 0.05) is 12.6 Å². The zero-order chi connectivity index (χ0) is 15.2. The van der Waals surface area contributed by atoms with Gasteiger partial charge in [0.2, 0.25) is 0 Å². The molecule has 1 aliphatic carbocycles. The molecule has 2 N–H and O–H groups in total. The van der Waals surface area contributed by atoms with Crippen molar-refractivity contribution in [3.05, 3.63) is 29.3 Å². The van der Waals surface area contributed by atoms with Crippen molar-refractivity contribution < 1.29 is 4.74 Å². The zero-order valence-corrected chi connectivity index (χ0v) is 13.8. The van der Waals surface area contributed by atoms with Crippen LogP contribution in [-0.4, -0.2) is 37.7 Å². The molecule has 118 valence electrons. The first-order valence-electron chi connectivity index (χ1n) is 8.22. The summed E-state index contributed by atoms with van der Waals surface area (Å²) in [4.78, 5) is 2.48. The van der Waals surface area contributed by atoms with Gasteiger partial charge in [-0.3, -0.25) is 0 Å². The molecule has 2 unspecified atom stereocenters. The third kappa shape index (κ3) is 4.45. The minimum atomic E-state index is 0.677. The summed E-state index contributed by atoms with van der Waals surface area (Å²) in [6.45, 7) is 6.96. The van der Waals surface area contributed by atoms with Crippen LogP contribution in [0.2, 0.25) is 0 Å². The van der Waals surface area contributed by atoms with E-state index in [1.165, 1.54) is 30.4 Å². The summed E-state index contributed by atoms with van der Waals surface area (Å²) in [5, 5.41) is 0. The molecule has 3 heteroatoms. The number of benzene rings is 1. The van der Waals surface area contributed by atoms with Crippen molar-refractivity contribution in [3.8, 4) is 5.75 Å². The van der Waals surface area contributed by atoms with E-state index in [0.717, 1.165) is 31.9 Å². The van der Waals surface area contributed by atoms with Crippen molar-refractivity contribution in [3.63, 3.8) is 0 Å². The molecule has 3 nitrogen and oxygen atoms in total. The Labute approximate surface area is 129 Å². The topological polar surface area (TPSA) is 38.5 Å². The van der Waals surface area contributed by atoms with Crippen LogP contribution >= 0.6 is 0 Å². The van der Waals surface area contributed by atoms with Gasteiger partial charge in [-0.05, 0) is 75.9 Å². The SMILES string of the molecule is Cc1ccc(OCCCN(C)C2CCCC2CN)cc1C. The van der Waals surface area contributed by atoms with Gasteiger partial charge in [-0.2, -0.15) is 0 Å². The molecule has 1 aromatic carbocycles. The average Bonchev–Trinajstić information content (AvgIpc) is 2.95. The molecule has 0 aliphatic heterocycles. The van der Waals surface area contributed by atoms with Gasteiger partial charge in [0.15, 0.2) is 0 Å². The van der Waals surface area contributed by atoms with Crippen LogP contribution in [0.15, 0.2) is 18.2 Å². The third-order valence-corrected chi connectivity index (χ3v) is 4.89. The fraction of sp³-hybridized carbons (Fsp3) is 0.667. The summed E-state index contributed by atoms with van der Waals surface area (Å²) in [5.41, 5.74) is 8.48. The number of nitrogens with zero attached hydrogens (tertiary/aromatic N) is 1. The molecule has 21 heavy (non-hydrogen) atoms. The Bertz CT molecular complexity index is 447. The molecule has 0 radical (unpaired) electrons. The van der Waals surface area contributed by atoms with Crippen molar-refractivity contribution in [1.82, 2.24) is 4.90 Å². The highest BCUT2D eigenvalue weighted by Crippen LogP contribution is 2.28. The van der Waals surface area contributed by atoms with Gasteiger partial charge in [0.05, 0.1) is 6.61 Å². The Morgan fingerprint density at radius 2 is 2.05 bits per heavy atom. The summed E-state index contributed by atoms with van der Waals surface area (Å²) >= 11 is 0. The number of nitrogens with two attached hydrogens (primary N) is 1. The first kappa shape index (κ1) is 16.3. The van der Waals surface area contributed by atoms with E-state index in [-0.39, 0.29) is 0 Å². The Balaban J connectivity index is 1.70. The van der Waals surface area contributed by atoms with Crippen LogP contribution in [-0.2, 0) is 0 Å². The van der Waals surface area contributed by atoms with Gasteiger partial charge in [-0.15, -0.1) is 0 Å². The van der Waals surface area contributed by atoms with Crippen LogP contribution < -0.4 is 10.5 Å². The summed E-state index contributed by atoms with van der Waals surface area (Å²) in [5.74, 6) is 1.68. The van der Waals surface area contributed by atoms with Crippen molar-refractivity contribution in [1.29, 1.82) is 0 Å². The molecular formula is C18H30N2O. The van der Waals surface area contributed by atoms with Gasteiger partial charge in [-0.25, -0.2) is 0 Å². The lowest BCUT2D eigenvalue weighted by Crippen LogP contribution is -2.38. The van der Waals surface area contributed by atoms with Crippen LogP contribution in [0.5, 0.6) is 5.75 Å². The van der Waals surface area contributed by atoms with E-state index in [1.54, 1.807) is 0 Å². The summed E-state index contributed by atoms with van der Waals surface area (Å²) in [6, 6.07) is 6.99. The summed E-state index contributed by atoms with van der Waals surface area (Å²) < 4.78 is 5.86. The lowest BCUT2D eigenvalue weighted by Gasteiger charge is -2.29. The fourth-order valence-corrected chi connectivity index (χ4v) is 3.35. The molecule has 0 saturated heterocycles. The highest BCUT2D eigenvalue weighted by Gasteiger charge is 2.28. The van der Waals surface area contributed by atoms with Gasteiger partial charge in [-0.1, -0.05) is 12.5 Å². The molecule has 0 bridgehead atoms. The number of hydrogen-bond acceptors (Lipinski definition) is 3. The molecule has 2 atom stereocenters. The minimum absolute atomic E-state index is 0.677. The maximum atomic E-state index is 5.87. The van der Waals surface area contributed by atoms with Crippen molar-refractivity contribution in [2.24, 2.45) is 11.7 Å². The predicted molar refractivity (Wildman–Crippen MR) is 88.8 cm³/mol. The van der Waals surface area contributed by atoms with Gasteiger partial charge >= 0.3 is 0 Å². The van der Waals surface area contributed by atoms with E-state index in [0.29, 0.717) is 12.0 Å². The second kappa shape index (κ2) is 7.81. The fourth-order valence-electron chi connectivity index (χ4n) is 3.35. The third-order valence-electron chi connectivity index (χ3n) is 4.89. The average molecular weight is 290 g/mol. The number of hydrogen-bond donors (Lipinski definition) is 1. The minimum Gasteiger partial charge on any atom is -0.494 e. The molecule has 1 aliphatic rings. The highest BCUT2D eigenvalue weighted by molar-refractivity contribution is 5.33. The van der Waals surface area contributed by atoms with E-state index in [4.69, 9.17) is 10.5 Å². The monoisotopic (exact) mass is 290 g/mol. The van der Waals surface area contributed by atoms with E-state index in [2.05, 4.69) is 44.0 Å². The number of ether oxygens (including phenoxy) is 1. The molecule has 0 aromatic heterocycles.